The summed E-state index contributed by atoms with van der Waals surface area (Å²) in [6.45, 7) is 0.839. The number of nitrogens with zero attached hydrogens (tertiary/aromatic N) is 2. The van der Waals surface area contributed by atoms with Gasteiger partial charge in [-0.1, -0.05) is 23.4 Å². The summed E-state index contributed by atoms with van der Waals surface area (Å²) in [5.41, 5.74) is 1.16. The summed E-state index contributed by atoms with van der Waals surface area (Å²) < 4.78 is 7.44. The molecule has 28 heavy (non-hydrogen) atoms. The molecule has 0 N–H and O–H groups in total. The number of carbonyl (C=O) groups is 1. The van der Waals surface area contributed by atoms with Gasteiger partial charge in [0, 0.05) is 12.0 Å². The van der Waals surface area contributed by atoms with E-state index in [-0.39, 0.29) is 17.1 Å². The molecule has 1 aliphatic rings. The van der Waals surface area contributed by atoms with Gasteiger partial charge in [0.2, 0.25) is 0 Å². The molecule has 0 saturated heterocycles. The van der Waals surface area contributed by atoms with Gasteiger partial charge in [0.25, 0.3) is 5.56 Å². The Balaban J connectivity index is 1.69. The molecule has 5 nitrogen and oxygen atoms in total. The van der Waals surface area contributed by atoms with E-state index in [0.717, 1.165) is 35.9 Å². The van der Waals surface area contributed by atoms with Crippen LogP contribution in [-0.4, -0.2) is 34.8 Å². The highest BCUT2D eigenvalue weighted by atomic mass is 35.5. The van der Waals surface area contributed by atoms with Crippen molar-refractivity contribution in [3.8, 4) is 0 Å². The molecule has 0 radical (unpaired) electrons. The van der Waals surface area contributed by atoms with Gasteiger partial charge < -0.3 is 4.74 Å². The van der Waals surface area contributed by atoms with Crippen molar-refractivity contribution in [1.82, 2.24) is 9.55 Å². The third-order valence-electron chi connectivity index (χ3n) is 4.74. The normalized spacial score (nSPS) is 13.8. The zero-order valence-electron chi connectivity index (χ0n) is 15.3. The topological polar surface area (TPSA) is 61.2 Å². The number of thioether (sulfide) groups is 1. The summed E-state index contributed by atoms with van der Waals surface area (Å²) in [6.07, 6.45) is 4.25. The largest absolute Gasteiger partial charge is 0.383 e. The van der Waals surface area contributed by atoms with Crippen molar-refractivity contribution in [2.45, 2.75) is 37.4 Å². The Bertz CT molecular complexity index is 1090. The van der Waals surface area contributed by atoms with E-state index in [4.69, 9.17) is 21.3 Å². The summed E-state index contributed by atoms with van der Waals surface area (Å²) in [6, 6.07) is 3.46. The van der Waals surface area contributed by atoms with Crippen LogP contribution in [0.4, 0.5) is 0 Å². The zero-order chi connectivity index (χ0) is 19.7. The lowest BCUT2D eigenvalue weighted by Gasteiger charge is -2.13. The predicted molar refractivity (Wildman–Crippen MR) is 117 cm³/mol. The number of hydrogen-bond acceptors (Lipinski definition) is 7. The van der Waals surface area contributed by atoms with Crippen LogP contribution in [0.2, 0.25) is 4.34 Å². The molecule has 3 heterocycles. The first-order valence-electron chi connectivity index (χ1n) is 9.04. The molecule has 9 heteroatoms. The third kappa shape index (κ3) is 3.93. The number of ketones is 1. The van der Waals surface area contributed by atoms with Crippen LogP contribution in [-0.2, 0) is 24.1 Å². The Morgan fingerprint density at radius 1 is 1.32 bits per heavy atom. The number of aryl methyl sites for hydroxylation is 2. The number of Topliss-reactive ketones (excluding diaryl/α,β-unsaturated/α-hetero) is 1. The Kier molecular flexibility index (Phi) is 6.22. The summed E-state index contributed by atoms with van der Waals surface area (Å²) in [7, 11) is 1.61. The maximum atomic E-state index is 13.3. The van der Waals surface area contributed by atoms with Gasteiger partial charge in [0.05, 0.1) is 33.5 Å². The molecule has 3 aromatic rings. The lowest BCUT2D eigenvalue weighted by molar-refractivity contribution is 0.102. The van der Waals surface area contributed by atoms with Gasteiger partial charge in [-0.3, -0.25) is 14.2 Å². The van der Waals surface area contributed by atoms with Crippen molar-refractivity contribution >= 4 is 62.0 Å². The molecule has 0 bridgehead atoms. The van der Waals surface area contributed by atoms with Crippen molar-refractivity contribution in [1.29, 1.82) is 0 Å². The Hall–Kier alpha value is -1.19. The minimum Gasteiger partial charge on any atom is -0.383 e. The lowest BCUT2D eigenvalue weighted by Crippen LogP contribution is -2.26. The Morgan fingerprint density at radius 3 is 2.89 bits per heavy atom. The number of rotatable bonds is 7. The van der Waals surface area contributed by atoms with Gasteiger partial charge in [-0.15, -0.1) is 22.7 Å². The second-order valence-corrected chi connectivity index (χ2v) is 10.3. The molecule has 0 fully saturated rings. The molecule has 0 amide bonds. The van der Waals surface area contributed by atoms with Crippen LogP contribution in [0.25, 0.3) is 10.2 Å². The molecule has 4 rings (SSSR count). The maximum absolute atomic E-state index is 13.3. The number of fused-ring (bicyclic) bond motifs is 3. The molecular weight excluding hydrogens is 436 g/mol. The number of carbonyl (C=O) groups excluding carboxylic acids is 1. The van der Waals surface area contributed by atoms with Crippen LogP contribution < -0.4 is 5.56 Å². The summed E-state index contributed by atoms with van der Waals surface area (Å²) >= 11 is 10.1. The van der Waals surface area contributed by atoms with E-state index in [2.05, 4.69) is 0 Å². The van der Waals surface area contributed by atoms with Gasteiger partial charge in [-0.05, 0) is 43.4 Å². The number of halogens is 1. The average Bonchev–Trinajstić information content (AvgIpc) is 3.29. The predicted octanol–water partition coefficient (Wildman–Crippen LogP) is 4.67. The molecule has 0 saturated carbocycles. The van der Waals surface area contributed by atoms with Crippen LogP contribution in [0.15, 0.2) is 22.1 Å². The smallest absolute Gasteiger partial charge is 0.263 e. The van der Waals surface area contributed by atoms with E-state index >= 15 is 0 Å². The minimum absolute atomic E-state index is 0.0139. The molecule has 0 aromatic carbocycles. The highest BCUT2D eigenvalue weighted by Gasteiger charge is 2.22. The summed E-state index contributed by atoms with van der Waals surface area (Å²) in [5, 5.41) is 1.33. The number of hydrogen-bond donors (Lipinski definition) is 0. The molecule has 1 aliphatic carbocycles. The molecule has 148 valence electrons. The van der Waals surface area contributed by atoms with Gasteiger partial charge in [0.15, 0.2) is 10.9 Å². The molecule has 0 aliphatic heterocycles. The Morgan fingerprint density at radius 2 is 2.14 bits per heavy atom. The van der Waals surface area contributed by atoms with Crippen LogP contribution in [0.1, 0.15) is 33.0 Å². The van der Waals surface area contributed by atoms with Gasteiger partial charge in [-0.2, -0.15) is 0 Å². The first-order chi connectivity index (χ1) is 13.6. The van der Waals surface area contributed by atoms with Crippen LogP contribution in [0.3, 0.4) is 0 Å². The van der Waals surface area contributed by atoms with Gasteiger partial charge in [0.1, 0.15) is 4.83 Å². The van der Waals surface area contributed by atoms with Crippen molar-refractivity contribution in [2.75, 3.05) is 19.5 Å². The van der Waals surface area contributed by atoms with E-state index in [0.29, 0.717) is 27.5 Å². The van der Waals surface area contributed by atoms with Crippen molar-refractivity contribution < 1.29 is 9.53 Å². The van der Waals surface area contributed by atoms with Crippen molar-refractivity contribution in [3.63, 3.8) is 0 Å². The van der Waals surface area contributed by atoms with E-state index in [1.807, 2.05) is 0 Å². The fraction of sp³-hybridized carbons (Fsp3) is 0.421. The van der Waals surface area contributed by atoms with E-state index in [1.165, 1.54) is 33.5 Å². The van der Waals surface area contributed by atoms with Crippen molar-refractivity contribution in [2.24, 2.45) is 0 Å². The molecule has 0 unspecified atom stereocenters. The van der Waals surface area contributed by atoms with Gasteiger partial charge in [-0.25, -0.2) is 4.98 Å². The number of methoxy groups -OCH3 is 1. The lowest BCUT2D eigenvalue weighted by atomic mass is 9.97. The van der Waals surface area contributed by atoms with Crippen LogP contribution in [0.5, 0.6) is 0 Å². The second-order valence-electron chi connectivity index (χ2n) is 6.55. The fourth-order valence-electron chi connectivity index (χ4n) is 3.38. The average molecular weight is 455 g/mol. The number of ether oxygens (including phenoxy) is 1. The highest BCUT2D eigenvalue weighted by molar-refractivity contribution is 7.99. The SMILES string of the molecule is COCCn1c(SCC(=O)c2ccc(Cl)s2)nc2sc3c(c2c1=O)CCCC3. The standard InChI is InChI=1S/C19H19ClN2O3S3/c1-25-9-8-22-18(24)16-11-4-2-3-5-13(11)28-17(16)21-19(22)26-10-12(23)14-6-7-15(20)27-14/h6-7H,2-5,8-10H2,1H3. The Labute approximate surface area is 179 Å². The van der Waals surface area contributed by atoms with Crippen LogP contribution in [0, 0.1) is 0 Å². The van der Waals surface area contributed by atoms with Crippen LogP contribution >= 0.6 is 46.0 Å². The molecule has 0 spiro atoms. The first-order valence-corrected chi connectivity index (χ1v) is 12.0. The molecular formula is C19H19ClN2O3S3. The quantitative estimate of drug-likeness (QED) is 0.295. The monoisotopic (exact) mass is 454 g/mol. The van der Waals surface area contributed by atoms with E-state index < -0.39 is 0 Å². The van der Waals surface area contributed by atoms with E-state index in [9.17, 15) is 9.59 Å². The number of thiophene rings is 2. The minimum atomic E-state index is -0.0180. The summed E-state index contributed by atoms with van der Waals surface area (Å²) in [5.74, 6) is 0.201. The highest BCUT2D eigenvalue weighted by Crippen LogP contribution is 2.35. The first kappa shape index (κ1) is 20.1. The maximum Gasteiger partial charge on any atom is 0.263 e. The van der Waals surface area contributed by atoms with Gasteiger partial charge >= 0.3 is 0 Å². The molecule has 3 aromatic heterocycles. The second kappa shape index (κ2) is 8.67. The zero-order valence-corrected chi connectivity index (χ0v) is 18.5. The third-order valence-corrected chi connectivity index (χ3v) is 8.17. The van der Waals surface area contributed by atoms with E-state index in [1.54, 1.807) is 35.1 Å². The van der Waals surface area contributed by atoms with Crippen molar-refractivity contribution in [3.05, 3.63) is 42.1 Å². The number of aromatic nitrogens is 2. The summed E-state index contributed by atoms with van der Waals surface area (Å²) in [4.78, 5) is 33.2. The fourth-order valence-corrected chi connectivity index (χ4v) is 6.66. The molecule has 0 atom stereocenters.